The summed E-state index contributed by atoms with van der Waals surface area (Å²) in [4.78, 5) is 11.0. The Morgan fingerprint density at radius 3 is 2.63 bits per heavy atom. The number of hydrogen-bond donors (Lipinski definition) is 2. The molecule has 0 atom stereocenters. The highest BCUT2D eigenvalue weighted by Crippen LogP contribution is 2.16. The fourth-order valence-corrected chi connectivity index (χ4v) is 2.02. The normalized spacial score (nSPS) is 10.6. The summed E-state index contributed by atoms with van der Waals surface area (Å²) in [5.74, 6) is -0.600. The van der Waals surface area contributed by atoms with Gasteiger partial charge in [-0.1, -0.05) is 30.3 Å². The van der Waals surface area contributed by atoms with Gasteiger partial charge in [-0.3, -0.25) is 0 Å². The number of aromatic nitrogens is 2. The zero-order chi connectivity index (χ0) is 13.8. The monoisotopic (exact) mass is 259 g/mol. The van der Waals surface area contributed by atoms with Gasteiger partial charge in [-0.05, 0) is 25.3 Å². The van der Waals surface area contributed by atoms with E-state index in [1.807, 2.05) is 18.2 Å². The zero-order valence-corrected chi connectivity index (χ0v) is 10.8. The molecular formula is C14H17N3O2. The molecule has 5 heteroatoms. The fraction of sp³-hybridized carbons (Fsp3) is 0.286. The molecule has 0 aliphatic rings. The van der Waals surface area contributed by atoms with Crippen LogP contribution in [0.15, 0.2) is 30.3 Å². The van der Waals surface area contributed by atoms with Crippen molar-refractivity contribution >= 4 is 11.8 Å². The molecule has 0 spiro atoms. The van der Waals surface area contributed by atoms with E-state index in [1.54, 1.807) is 11.6 Å². The van der Waals surface area contributed by atoms with Gasteiger partial charge in [0.25, 0.3) is 0 Å². The second-order valence-electron chi connectivity index (χ2n) is 4.48. The van der Waals surface area contributed by atoms with Crippen LogP contribution in [0.1, 0.15) is 28.0 Å². The fourth-order valence-electron chi connectivity index (χ4n) is 2.02. The Hall–Kier alpha value is -2.30. The molecule has 1 aromatic heterocycles. The Kier molecular flexibility index (Phi) is 3.85. The molecule has 0 saturated carbocycles. The van der Waals surface area contributed by atoms with E-state index in [-0.39, 0.29) is 5.69 Å². The number of carboxylic acid groups (broad SMARTS) is 1. The van der Waals surface area contributed by atoms with Gasteiger partial charge in [-0.2, -0.15) is 5.10 Å². The standard InChI is InChI=1S/C14H17N3O2/c1-10-12(14(18)19)16-17(13(10)15)9-5-8-11-6-3-2-4-7-11/h2-4,6-7H,5,8-9,15H2,1H3,(H,18,19). The highest BCUT2D eigenvalue weighted by Gasteiger charge is 2.16. The third kappa shape index (κ3) is 2.93. The summed E-state index contributed by atoms with van der Waals surface area (Å²) in [6.07, 6.45) is 1.79. The number of aromatic carboxylic acids is 1. The van der Waals surface area contributed by atoms with E-state index in [0.717, 1.165) is 12.8 Å². The topological polar surface area (TPSA) is 81.1 Å². The summed E-state index contributed by atoms with van der Waals surface area (Å²) in [6.45, 7) is 2.30. The van der Waals surface area contributed by atoms with E-state index in [2.05, 4.69) is 17.2 Å². The molecule has 5 nitrogen and oxygen atoms in total. The summed E-state index contributed by atoms with van der Waals surface area (Å²) in [5.41, 5.74) is 7.68. The molecule has 0 bridgehead atoms. The van der Waals surface area contributed by atoms with Crippen LogP contribution in [0.25, 0.3) is 0 Å². The van der Waals surface area contributed by atoms with Crippen LogP contribution >= 0.6 is 0 Å². The van der Waals surface area contributed by atoms with Gasteiger partial charge in [0.2, 0.25) is 0 Å². The predicted molar refractivity (Wildman–Crippen MR) is 73.1 cm³/mol. The minimum absolute atomic E-state index is 0.0391. The maximum Gasteiger partial charge on any atom is 0.356 e. The minimum atomic E-state index is -1.04. The molecule has 0 saturated heterocycles. The molecule has 0 unspecified atom stereocenters. The number of benzene rings is 1. The second-order valence-corrected chi connectivity index (χ2v) is 4.48. The molecule has 0 fully saturated rings. The van der Waals surface area contributed by atoms with E-state index in [1.165, 1.54) is 5.56 Å². The summed E-state index contributed by atoms with van der Waals surface area (Å²) in [5, 5.41) is 13.0. The molecule has 1 heterocycles. The maximum atomic E-state index is 11.0. The lowest BCUT2D eigenvalue weighted by molar-refractivity contribution is 0.0688. The molecule has 2 rings (SSSR count). The smallest absolute Gasteiger partial charge is 0.356 e. The Morgan fingerprint density at radius 1 is 1.37 bits per heavy atom. The summed E-state index contributed by atoms with van der Waals surface area (Å²) in [7, 11) is 0. The molecule has 19 heavy (non-hydrogen) atoms. The lowest BCUT2D eigenvalue weighted by atomic mass is 10.1. The van der Waals surface area contributed by atoms with Crippen molar-refractivity contribution in [2.75, 3.05) is 5.73 Å². The van der Waals surface area contributed by atoms with Crippen molar-refractivity contribution in [1.29, 1.82) is 0 Å². The second kappa shape index (κ2) is 5.56. The quantitative estimate of drug-likeness (QED) is 0.861. The number of nitrogens with zero attached hydrogens (tertiary/aromatic N) is 2. The largest absolute Gasteiger partial charge is 0.476 e. The van der Waals surface area contributed by atoms with Crippen LogP contribution in [-0.4, -0.2) is 20.9 Å². The SMILES string of the molecule is Cc1c(C(=O)O)nn(CCCc2ccccc2)c1N. The van der Waals surface area contributed by atoms with Gasteiger partial charge in [0.1, 0.15) is 5.82 Å². The predicted octanol–water partition coefficient (Wildman–Crippen LogP) is 2.10. The van der Waals surface area contributed by atoms with Gasteiger partial charge in [0.15, 0.2) is 5.69 Å². The number of nitrogens with two attached hydrogens (primary N) is 1. The molecule has 0 aliphatic heterocycles. The molecule has 0 aliphatic carbocycles. The van der Waals surface area contributed by atoms with E-state index < -0.39 is 5.97 Å². The van der Waals surface area contributed by atoms with E-state index in [4.69, 9.17) is 10.8 Å². The van der Waals surface area contributed by atoms with Crippen molar-refractivity contribution in [1.82, 2.24) is 9.78 Å². The lowest BCUT2D eigenvalue weighted by Gasteiger charge is -2.04. The summed E-state index contributed by atoms with van der Waals surface area (Å²) >= 11 is 0. The van der Waals surface area contributed by atoms with Crippen molar-refractivity contribution in [3.05, 3.63) is 47.2 Å². The third-order valence-electron chi connectivity index (χ3n) is 3.12. The van der Waals surface area contributed by atoms with Crippen molar-refractivity contribution in [3.63, 3.8) is 0 Å². The zero-order valence-electron chi connectivity index (χ0n) is 10.8. The van der Waals surface area contributed by atoms with Gasteiger partial charge >= 0.3 is 5.97 Å². The molecule has 100 valence electrons. The van der Waals surface area contributed by atoms with Crippen LogP contribution in [0.5, 0.6) is 0 Å². The van der Waals surface area contributed by atoms with Crippen molar-refractivity contribution in [2.24, 2.45) is 0 Å². The van der Waals surface area contributed by atoms with Crippen LogP contribution in [0, 0.1) is 6.92 Å². The Balaban J connectivity index is 2.00. The highest BCUT2D eigenvalue weighted by atomic mass is 16.4. The van der Waals surface area contributed by atoms with Gasteiger partial charge in [-0.25, -0.2) is 9.48 Å². The van der Waals surface area contributed by atoms with Crippen molar-refractivity contribution in [3.8, 4) is 0 Å². The van der Waals surface area contributed by atoms with Crippen LogP contribution in [0.2, 0.25) is 0 Å². The molecule has 0 radical (unpaired) electrons. The average molecular weight is 259 g/mol. The van der Waals surface area contributed by atoms with Crippen LogP contribution in [0.4, 0.5) is 5.82 Å². The van der Waals surface area contributed by atoms with Crippen LogP contribution in [-0.2, 0) is 13.0 Å². The first kappa shape index (κ1) is 13.1. The highest BCUT2D eigenvalue weighted by molar-refractivity contribution is 5.88. The number of rotatable bonds is 5. The number of carbonyl (C=O) groups is 1. The number of aryl methyl sites for hydroxylation is 2. The van der Waals surface area contributed by atoms with Crippen LogP contribution in [0.3, 0.4) is 0 Å². The molecule has 0 amide bonds. The number of anilines is 1. The first-order valence-corrected chi connectivity index (χ1v) is 6.19. The number of hydrogen-bond acceptors (Lipinski definition) is 3. The Labute approximate surface area is 111 Å². The van der Waals surface area contributed by atoms with Crippen molar-refractivity contribution < 1.29 is 9.90 Å². The Bertz CT molecular complexity index is 576. The summed E-state index contributed by atoms with van der Waals surface area (Å²) < 4.78 is 1.57. The van der Waals surface area contributed by atoms with E-state index >= 15 is 0 Å². The molecule has 1 aromatic carbocycles. The van der Waals surface area contributed by atoms with Crippen molar-refractivity contribution in [2.45, 2.75) is 26.3 Å². The first-order chi connectivity index (χ1) is 9.09. The third-order valence-corrected chi connectivity index (χ3v) is 3.12. The first-order valence-electron chi connectivity index (χ1n) is 6.19. The maximum absolute atomic E-state index is 11.0. The molecule has 2 aromatic rings. The molecule has 3 N–H and O–H groups in total. The van der Waals surface area contributed by atoms with Gasteiger partial charge in [-0.15, -0.1) is 0 Å². The van der Waals surface area contributed by atoms with Gasteiger partial charge in [0.05, 0.1) is 0 Å². The van der Waals surface area contributed by atoms with Crippen LogP contribution < -0.4 is 5.73 Å². The van der Waals surface area contributed by atoms with E-state index in [0.29, 0.717) is 17.9 Å². The summed E-state index contributed by atoms with van der Waals surface area (Å²) in [6, 6.07) is 10.1. The minimum Gasteiger partial charge on any atom is -0.476 e. The average Bonchev–Trinajstić information content (AvgIpc) is 2.68. The Morgan fingerprint density at radius 2 is 2.05 bits per heavy atom. The number of carboxylic acids is 1. The molecular weight excluding hydrogens is 242 g/mol. The van der Waals surface area contributed by atoms with Gasteiger partial charge in [0, 0.05) is 12.1 Å². The lowest BCUT2D eigenvalue weighted by Crippen LogP contribution is -2.07. The number of nitrogen functional groups attached to an aromatic ring is 1. The van der Waals surface area contributed by atoms with Gasteiger partial charge < -0.3 is 10.8 Å². The van der Waals surface area contributed by atoms with E-state index in [9.17, 15) is 4.79 Å².